The molecule has 5 nitrogen and oxygen atoms in total. The quantitative estimate of drug-likeness (QED) is 0.792. The summed E-state index contributed by atoms with van der Waals surface area (Å²) in [6.07, 6.45) is 2.81. The fraction of sp³-hybridized carbons (Fsp3) is 0.500. The van der Waals surface area contributed by atoms with Gasteiger partial charge in [-0.05, 0) is 25.0 Å². The lowest BCUT2D eigenvalue weighted by molar-refractivity contribution is 0.0473. The number of anilines is 1. The van der Waals surface area contributed by atoms with E-state index in [0.29, 0.717) is 18.7 Å². The van der Waals surface area contributed by atoms with E-state index in [2.05, 4.69) is 10.3 Å². The van der Waals surface area contributed by atoms with Crippen LogP contribution in [0.1, 0.15) is 23.2 Å². The Hall–Kier alpha value is -1.62. The summed E-state index contributed by atoms with van der Waals surface area (Å²) in [5, 5.41) is 12.4. The normalized spacial score (nSPS) is 20.1. The maximum Gasteiger partial charge on any atom is 0.255 e. The Morgan fingerprint density at radius 2 is 2.41 bits per heavy atom. The molecular weight excluding hydrogens is 218 g/mol. The van der Waals surface area contributed by atoms with Gasteiger partial charge in [0.25, 0.3) is 5.91 Å². The molecule has 2 heterocycles. The highest BCUT2D eigenvalue weighted by molar-refractivity contribution is 5.94. The number of aliphatic hydroxyl groups is 1. The van der Waals surface area contributed by atoms with Crippen molar-refractivity contribution in [1.29, 1.82) is 0 Å². The number of β-amino-alcohol motifs (C(OH)–C–C–N with tert-alkyl or cyclic N) is 1. The smallest absolute Gasteiger partial charge is 0.255 e. The lowest BCUT2D eigenvalue weighted by Gasteiger charge is -2.30. The van der Waals surface area contributed by atoms with E-state index < -0.39 is 6.10 Å². The maximum absolute atomic E-state index is 12.1. The van der Waals surface area contributed by atoms with Crippen molar-refractivity contribution in [1.82, 2.24) is 9.88 Å². The molecule has 2 rings (SSSR count). The predicted molar refractivity (Wildman–Crippen MR) is 64.9 cm³/mol. The van der Waals surface area contributed by atoms with Crippen molar-refractivity contribution in [3.8, 4) is 0 Å². The van der Waals surface area contributed by atoms with Crippen LogP contribution in [0.2, 0.25) is 0 Å². The Morgan fingerprint density at radius 1 is 1.59 bits per heavy atom. The first-order chi connectivity index (χ1) is 8.20. The molecule has 5 heteroatoms. The van der Waals surface area contributed by atoms with Gasteiger partial charge in [0.15, 0.2) is 0 Å². The topological polar surface area (TPSA) is 65.5 Å². The van der Waals surface area contributed by atoms with E-state index in [0.717, 1.165) is 18.7 Å². The Balaban J connectivity index is 2.07. The van der Waals surface area contributed by atoms with Crippen LogP contribution < -0.4 is 5.32 Å². The lowest BCUT2D eigenvalue weighted by Crippen LogP contribution is -2.42. The summed E-state index contributed by atoms with van der Waals surface area (Å²) in [6, 6.07) is 3.52. The SMILES string of the molecule is CNc1ccc(C(=O)N2CCCC(O)C2)cn1. The standard InChI is InChI=1S/C12H17N3O2/c1-13-11-5-4-9(7-14-11)12(17)15-6-2-3-10(16)8-15/h4-5,7,10,16H,2-3,6,8H2,1H3,(H,13,14). The van der Waals surface area contributed by atoms with Crippen LogP contribution >= 0.6 is 0 Å². The number of piperidine rings is 1. The summed E-state index contributed by atoms with van der Waals surface area (Å²) in [5.74, 6) is 0.680. The zero-order valence-corrected chi connectivity index (χ0v) is 9.89. The van der Waals surface area contributed by atoms with Crippen LogP contribution in [0.15, 0.2) is 18.3 Å². The van der Waals surface area contributed by atoms with Crippen molar-refractivity contribution in [3.05, 3.63) is 23.9 Å². The molecule has 1 aliphatic heterocycles. The van der Waals surface area contributed by atoms with Crippen LogP contribution in [-0.2, 0) is 0 Å². The Bertz CT molecular complexity index is 391. The Labute approximate surface area is 100 Å². The van der Waals surface area contributed by atoms with E-state index in [9.17, 15) is 9.90 Å². The van der Waals surface area contributed by atoms with Crippen molar-refractivity contribution in [2.24, 2.45) is 0 Å². The number of hydrogen-bond acceptors (Lipinski definition) is 4. The van der Waals surface area contributed by atoms with Gasteiger partial charge in [0, 0.05) is 26.3 Å². The molecule has 0 radical (unpaired) electrons. The van der Waals surface area contributed by atoms with Gasteiger partial charge in [-0.15, -0.1) is 0 Å². The molecular formula is C12H17N3O2. The molecule has 1 aromatic rings. The van der Waals surface area contributed by atoms with Crippen LogP contribution in [0, 0.1) is 0 Å². The second-order valence-electron chi connectivity index (χ2n) is 4.23. The van der Waals surface area contributed by atoms with E-state index in [1.165, 1.54) is 0 Å². The highest BCUT2D eigenvalue weighted by Crippen LogP contribution is 2.14. The van der Waals surface area contributed by atoms with Gasteiger partial charge in [0.1, 0.15) is 5.82 Å². The van der Waals surface area contributed by atoms with Crippen LogP contribution in [-0.4, -0.2) is 47.1 Å². The first-order valence-electron chi connectivity index (χ1n) is 5.82. The summed E-state index contributed by atoms with van der Waals surface area (Å²) in [4.78, 5) is 17.9. The highest BCUT2D eigenvalue weighted by Gasteiger charge is 2.23. The van der Waals surface area contributed by atoms with Crippen LogP contribution in [0.5, 0.6) is 0 Å². The van der Waals surface area contributed by atoms with Crippen molar-refractivity contribution in [2.45, 2.75) is 18.9 Å². The largest absolute Gasteiger partial charge is 0.391 e. The molecule has 1 aromatic heterocycles. The Morgan fingerprint density at radius 3 is 3.00 bits per heavy atom. The first-order valence-corrected chi connectivity index (χ1v) is 5.82. The molecule has 1 unspecified atom stereocenters. The number of carbonyl (C=O) groups is 1. The summed E-state index contributed by atoms with van der Waals surface area (Å²) in [6.45, 7) is 1.14. The Kier molecular flexibility index (Phi) is 3.58. The number of amides is 1. The molecule has 0 saturated carbocycles. The maximum atomic E-state index is 12.1. The van der Waals surface area contributed by atoms with Gasteiger partial charge in [0.05, 0.1) is 11.7 Å². The molecule has 92 valence electrons. The van der Waals surface area contributed by atoms with Crippen molar-refractivity contribution < 1.29 is 9.90 Å². The van der Waals surface area contributed by atoms with Crippen LogP contribution in [0.4, 0.5) is 5.82 Å². The number of pyridine rings is 1. The van der Waals surface area contributed by atoms with E-state index >= 15 is 0 Å². The molecule has 17 heavy (non-hydrogen) atoms. The molecule has 1 fully saturated rings. The van der Waals surface area contributed by atoms with Gasteiger partial charge >= 0.3 is 0 Å². The van der Waals surface area contributed by atoms with Crippen molar-refractivity contribution >= 4 is 11.7 Å². The molecule has 0 spiro atoms. The number of aromatic nitrogens is 1. The van der Waals surface area contributed by atoms with Gasteiger partial charge in [-0.3, -0.25) is 4.79 Å². The number of aliphatic hydroxyl groups excluding tert-OH is 1. The van der Waals surface area contributed by atoms with Crippen molar-refractivity contribution in [2.75, 3.05) is 25.5 Å². The number of likely N-dealkylation sites (tertiary alicyclic amines) is 1. The first kappa shape index (κ1) is 11.9. The average Bonchev–Trinajstić information content (AvgIpc) is 2.38. The lowest BCUT2D eigenvalue weighted by atomic mass is 10.1. The predicted octanol–water partition coefficient (Wildman–Crippen LogP) is 0.720. The molecule has 1 atom stereocenters. The highest BCUT2D eigenvalue weighted by atomic mass is 16.3. The second kappa shape index (κ2) is 5.14. The summed E-state index contributed by atoms with van der Waals surface area (Å²) < 4.78 is 0. The summed E-state index contributed by atoms with van der Waals surface area (Å²) >= 11 is 0. The van der Waals surface area contributed by atoms with E-state index in [1.807, 2.05) is 0 Å². The third-order valence-electron chi connectivity index (χ3n) is 2.95. The number of hydrogen-bond donors (Lipinski definition) is 2. The summed E-state index contributed by atoms with van der Waals surface area (Å²) in [5.41, 5.74) is 0.568. The minimum atomic E-state index is -0.391. The third-order valence-corrected chi connectivity index (χ3v) is 2.95. The summed E-state index contributed by atoms with van der Waals surface area (Å²) in [7, 11) is 1.78. The molecule has 0 aromatic carbocycles. The van der Waals surface area contributed by atoms with Crippen molar-refractivity contribution in [3.63, 3.8) is 0 Å². The van der Waals surface area contributed by atoms with Crippen LogP contribution in [0.25, 0.3) is 0 Å². The van der Waals surface area contributed by atoms with E-state index in [4.69, 9.17) is 0 Å². The molecule has 1 aliphatic rings. The minimum Gasteiger partial charge on any atom is -0.391 e. The zero-order valence-electron chi connectivity index (χ0n) is 9.89. The number of nitrogens with zero attached hydrogens (tertiary/aromatic N) is 2. The third kappa shape index (κ3) is 2.74. The molecule has 1 saturated heterocycles. The van der Waals surface area contributed by atoms with Gasteiger partial charge in [-0.2, -0.15) is 0 Å². The van der Waals surface area contributed by atoms with Gasteiger partial charge in [-0.25, -0.2) is 4.98 Å². The zero-order chi connectivity index (χ0) is 12.3. The number of nitrogens with one attached hydrogen (secondary N) is 1. The second-order valence-corrected chi connectivity index (χ2v) is 4.23. The fourth-order valence-corrected chi connectivity index (χ4v) is 1.99. The molecule has 0 bridgehead atoms. The monoisotopic (exact) mass is 235 g/mol. The van der Waals surface area contributed by atoms with Gasteiger partial charge in [-0.1, -0.05) is 0 Å². The number of rotatable bonds is 2. The van der Waals surface area contributed by atoms with Crippen LogP contribution in [0.3, 0.4) is 0 Å². The van der Waals surface area contributed by atoms with E-state index in [1.54, 1.807) is 30.3 Å². The van der Waals surface area contributed by atoms with Gasteiger partial charge in [0.2, 0.25) is 0 Å². The van der Waals surface area contributed by atoms with E-state index in [-0.39, 0.29) is 5.91 Å². The average molecular weight is 235 g/mol. The molecule has 0 aliphatic carbocycles. The number of carbonyl (C=O) groups excluding carboxylic acids is 1. The minimum absolute atomic E-state index is 0.0566. The molecule has 2 N–H and O–H groups in total. The fourth-order valence-electron chi connectivity index (χ4n) is 1.99. The molecule has 1 amide bonds. The van der Waals surface area contributed by atoms with Gasteiger partial charge < -0.3 is 15.3 Å².